The van der Waals surface area contributed by atoms with Gasteiger partial charge in [-0.1, -0.05) is 0 Å². The van der Waals surface area contributed by atoms with Gasteiger partial charge in [0.25, 0.3) is 11.6 Å². The molecule has 148 valence electrons. The summed E-state index contributed by atoms with van der Waals surface area (Å²) in [6.45, 7) is 4.26. The van der Waals surface area contributed by atoms with Gasteiger partial charge in [0.1, 0.15) is 12.1 Å². The van der Waals surface area contributed by atoms with Crippen LogP contribution in [-0.4, -0.2) is 61.7 Å². The Balaban J connectivity index is 1.41. The van der Waals surface area contributed by atoms with Crippen LogP contribution in [0.5, 0.6) is 0 Å². The number of aromatic nitrogens is 4. The van der Waals surface area contributed by atoms with Crippen molar-refractivity contribution < 1.29 is 9.72 Å². The lowest BCUT2D eigenvalue weighted by atomic mass is 10.1. The van der Waals surface area contributed by atoms with Crippen LogP contribution in [0.1, 0.15) is 16.1 Å². The maximum absolute atomic E-state index is 12.7. The molecule has 0 aliphatic carbocycles. The molecule has 0 bridgehead atoms. The molecule has 0 spiro atoms. The Morgan fingerprint density at radius 1 is 1.03 bits per heavy atom. The van der Waals surface area contributed by atoms with Gasteiger partial charge in [-0.2, -0.15) is 5.10 Å². The Morgan fingerprint density at radius 3 is 2.34 bits per heavy atom. The van der Waals surface area contributed by atoms with E-state index in [1.54, 1.807) is 9.58 Å². The van der Waals surface area contributed by atoms with Gasteiger partial charge in [0.2, 0.25) is 0 Å². The van der Waals surface area contributed by atoms with Crippen LogP contribution in [-0.2, 0) is 0 Å². The molecule has 1 aromatic carbocycles. The molecule has 2 aromatic heterocycles. The average molecular weight is 393 g/mol. The Morgan fingerprint density at radius 2 is 1.72 bits per heavy atom. The molecule has 3 aromatic rings. The van der Waals surface area contributed by atoms with Crippen molar-refractivity contribution in [2.45, 2.75) is 6.92 Å². The number of nitro benzene ring substituents is 1. The minimum atomic E-state index is -0.479. The molecule has 10 heteroatoms. The van der Waals surface area contributed by atoms with E-state index in [2.05, 4.69) is 20.0 Å². The molecule has 1 fully saturated rings. The smallest absolute Gasteiger partial charge is 0.269 e. The fraction of sp³-hybridized carbons (Fsp3) is 0.263. The van der Waals surface area contributed by atoms with E-state index in [1.807, 2.05) is 25.3 Å². The van der Waals surface area contributed by atoms with Crippen molar-refractivity contribution in [1.29, 1.82) is 0 Å². The number of amides is 1. The maximum atomic E-state index is 12.7. The quantitative estimate of drug-likeness (QED) is 0.491. The van der Waals surface area contributed by atoms with Crippen LogP contribution in [0.3, 0.4) is 0 Å². The summed E-state index contributed by atoms with van der Waals surface area (Å²) < 4.78 is 1.70. The Hall–Kier alpha value is -3.82. The molecule has 0 N–H and O–H groups in total. The van der Waals surface area contributed by atoms with E-state index in [-0.39, 0.29) is 11.6 Å². The van der Waals surface area contributed by atoms with E-state index in [0.29, 0.717) is 37.6 Å². The SMILES string of the molecule is Cc1ccn(-c2cc(N3CCN(C(=O)c4ccc([N+](=O)[O-])cc4)CC3)ncn2)n1. The number of aryl methyl sites for hydroxylation is 1. The lowest BCUT2D eigenvalue weighted by Crippen LogP contribution is -2.49. The molecular formula is C19H19N7O3. The maximum Gasteiger partial charge on any atom is 0.269 e. The van der Waals surface area contributed by atoms with E-state index in [1.165, 1.54) is 30.6 Å². The van der Waals surface area contributed by atoms with Gasteiger partial charge in [-0.15, -0.1) is 0 Å². The van der Waals surface area contributed by atoms with Gasteiger partial charge in [-0.05, 0) is 25.1 Å². The second-order valence-electron chi connectivity index (χ2n) is 6.72. The van der Waals surface area contributed by atoms with Crippen molar-refractivity contribution in [2.75, 3.05) is 31.1 Å². The number of hydrogen-bond donors (Lipinski definition) is 0. The van der Waals surface area contributed by atoms with Crippen LogP contribution < -0.4 is 4.90 Å². The molecule has 1 aliphatic rings. The van der Waals surface area contributed by atoms with Crippen LogP contribution in [0, 0.1) is 17.0 Å². The summed E-state index contributed by atoms with van der Waals surface area (Å²) in [5, 5.41) is 15.1. The average Bonchev–Trinajstić information content (AvgIpc) is 3.20. The minimum absolute atomic E-state index is 0.0293. The molecule has 0 unspecified atom stereocenters. The number of carbonyl (C=O) groups excluding carboxylic acids is 1. The molecule has 0 atom stereocenters. The van der Waals surface area contributed by atoms with Crippen molar-refractivity contribution >= 4 is 17.4 Å². The van der Waals surface area contributed by atoms with Gasteiger partial charge in [-0.3, -0.25) is 14.9 Å². The standard InChI is InChI=1S/C19H19N7O3/c1-14-6-7-25(22-14)18-12-17(20-13-21-18)23-8-10-24(11-9-23)19(27)15-2-4-16(5-3-15)26(28)29/h2-7,12-13H,8-11H2,1H3. The second kappa shape index (κ2) is 7.66. The number of nitrogens with zero attached hydrogens (tertiary/aromatic N) is 7. The predicted molar refractivity (Wildman–Crippen MR) is 105 cm³/mol. The van der Waals surface area contributed by atoms with Crippen molar-refractivity contribution in [3.8, 4) is 5.82 Å². The van der Waals surface area contributed by atoms with Crippen molar-refractivity contribution in [3.63, 3.8) is 0 Å². The first-order chi connectivity index (χ1) is 14.0. The molecule has 1 saturated heterocycles. The van der Waals surface area contributed by atoms with Crippen molar-refractivity contribution in [3.05, 3.63) is 70.3 Å². The number of benzene rings is 1. The summed E-state index contributed by atoms with van der Waals surface area (Å²) in [6.07, 6.45) is 3.36. The zero-order valence-electron chi connectivity index (χ0n) is 15.8. The normalized spacial score (nSPS) is 14.1. The highest BCUT2D eigenvalue weighted by Gasteiger charge is 2.23. The van der Waals surface area contributed by atoms with Crippen LogP contribution in [0.25, 0.3) is 5.82 Å². The molecule has 0 radical (unpaired) electrons. The number of carbonyl (C=O) groups is 1. The summed E-state index contributed by atoms with van der Waals surface area (Å²) in [5.41, 5.74) is 1.32. The van der Waals surface area contributed by atoms with Crippen LogP contribution in [0.15, 0.2) is 48.9 Å². The monoisotopic (exact) mass is 393 g/mol. The third-order valence-electron chi connectivity index (χ3n) is 4.81. The lowest BCUT2D eigenvalue weighted by molar-refractivity contribution is -0.384. The zero-order valence-corrected chi connectivity index (χ0v) is 15.8. The summed E-state index contributed by atoms with van der Waals surface area (Å²) in [5.74, 6) is 1.34. The topological polar surface area (TPSA) is 110 Å². The first kappa shape index (κ1) is 18.5. The van der Waals surface area contributed by atoms with E-state index >= 15 is 0 Å². The minimum Gasteiger partial charge on any atom is -0.353 e. The molecule has 0 saturated carbocycles. The van der Waals surface area contributed by atoms with Gasteiger partial charge in [0.15, 0.2) is 5.82 Å². The fourth-order valence-corrected chi connectivity index (χ4v) is 3.23. The van der Waals surface area contributed by atoms with Crippen LogP contribution >= 0.6 is 0 Å². The fourth-order valence-electron chi connectivity index (χ4n) is 3.23. The van der Waals surface area contributed by atoms with E-state index < -0.39 is 4.92 Å². The summed E-state index contributed by atoms with van der Waals surface area (Å²) in [6, 6.07) is 9.47. The van der Waals surface area contributed by atoms with Gasteiger partial charge < -0.3 is 9.80 Å². The number of rotatable bonds is 4. The highest BCUT2D eigenvalue weighted by atomic mass is 16.6. The Kier molecular flexibility index (Phi) is 4.90. The largest absolute Gasteiger partial charge is 0.353 e. The second-order valence-corrected chi connectivity index (χ2v) is 6.72. The van der Waals surface area contributed by atoms with Gasteiger partial charge in [0, 0.05) is 56.1 Å². The number of nitro groups is 1. The molecule has 29 heavy (non-hydrogen) atoms. The van der Waals surface area contributed by atoms with Gasteiger partial charge >= 0.3 is 0 Å². The van der Waals surface area contributed by atoms with Gasteiger partial charge in [0.05, 0.1) is 10.6 Å². The molecular weight excluding hydrogens is 374 g/mol. The summed E-state index contributed by atoms with van der Waals surface area (Å²) in [7, 11) is 0. The zero-order chi connectivity index (χ0) is 20.4. The highest BCUT2D eigenvalue weighted by molar-refractivity contribution is 5.94. The van der Waals surface area contributed by atoms with E-state index in [4.69, 9.17) is 0 Å². The van der Waals surface area contributed by atoms with Crippen molar-refractivity contribution in [1.82, 2.24) is 24.6 Å². The van der Waals surface area contributed by atoms with Gasteiger partial charge in [-0.25, -0.2) is 14.6 Å². The third-order valence-corrected chi connectivity index (χ3v) is 4.81. The first-order valence-electron chi connectivity index (χ1n) is 9.14. The molecule has 10 nitrogen and oxygen atoms in total. The predicted octanol–water partition coefficient (Wildman–Crippen LogP) is 1.84. The molecule has 1 aliphatic heterocycles. The number of hydrogen-bond acceptors (Lipinski definition) is 7. The molecule has 3 heterocycles. The Bertz CT molecular complexity index is 1040. The third kappa shape index (κ3) is 3.91. The van der Waals surface area contributed by atoms with Crippen molar-refractivity contribution in [2.24, 2.45) is 0 Å². The number of anilines is 1. The summed E-state index contributed by atoms with van der Waals surface area (Å²) in [4.78, 5) is 35.4. The number of piperazine rings is 1. The summed E-state index contributed by atoms with van der Waals surface area (Å²) >= 11 is 0. The molecule has 4 rings (SSSR count). The van der Waals surface area contributed by atoms with E-state index in [0.717, 1.165) is 11.5 Å². The highest BCUT2D eigenvalue weighted by Crippen LogP contribution is 2.18. The number of non-ortho nitro benzene ring substituents is 1. The van der Waals surface area contributed by atoms with Crippen LogP contribution in [0.4, 0.5) is 11.5 Å². The Labute approximate surface area is 166 Å². The first-order valence-corrected chi connectivity index (χ1v) is 9.14. The molecule has 1 amide bonds. The lowest BCUT2D eigenvalue weighted by Gasteiger charge is -2.35. The van der Waals surface area contributed by atoms with E-state index in [9.17, 15) is 14.9 Å². The van der Waals surface area contributed by atoms with Crippen LogP contribution in [0.2, 0.25) is 0 Å².